The molecule has 4 aliphatic rings. The molecule has 3 aliphatic heterocycles. The number of amides is 2. The Kier molecular flexibility index (Phi) is 9.58. The van der Waals surface area contributed by atoms with Crippen LogP contribution in [0.1, 0.15) is 99.9 Å². The van der Waals surface area contributed by atoms with Gasteiger partial charge in [0.15, 0.2) is 0 Å². The third-order valence-electron chi connectivity index (χ3n) is 10.2. The lowest BCUT2D eigenvalue weighted by Crippen LogP contribution is -2.61. The summed E-state index contributed by atoms with van der Waals surface area (Å²) < 4.78 is 7.32. The van der Waals surface area contributed by atoms with E-state index < -0.39 is 0 Å². The van der Waals surface area contributed by atoms with Crippen molar-refractivity contribution in [1.29, 1.82) is 0 Å². The van der Waals surface area contributed by atoms with Crippen molar-refractivity contribution in [2.24, 2.45) is 11.8 Å². The lowest BCUT2D eigenvalue weighted by atomic mass is 9.75. The zero-order valence-electron chi connectivity index (χ0n) is 24.1. The maximum absolute atomic E-state index is 13.3. The standard InChI is InChI=1S/C32H48BrN3O3/c1-3-4-12-26-23-36(22-25-10-6-5-7-11-25)31(38)39-32(26)16-20-34(21-17-32)27-14-18-35(19-15-27)30(37)29-24(2)9-8-13-28(29)33/h8-9,13,25-27H,3-7,10-12,14-23H2,1-2H3. The zero-order chi connectivity index (χ0) is 27.4. The van der Waals surface area contributed by atoms with Crippen molar-refractivity contribution in [2.75, 3.05) is 39.3 Å². The van der Waals surface area contributed by atoms with E-state index in [1.807, 2.05) is 30.0 Å². The lowest BCUT2D eigenvalue weighted by Gasteiger charge is -2.52. The van der Waals surface area contributed by atoms with Crippen LogP contribution in [0.3, 0.4) is 0 Å². The number of unbranched alkanes of at least 4 members (excludes halogenated alkanes) is 1. The van der Waals surface area contributed by atoms with Crippen LogP contribution in [0.5, 0.6) is 0 Å². The Balaban J connectivity index is 1.16. The number of benzene rings is 1. The van der Waals surface area contributed by atoms with Gasteiger partial charge in [-0.1, -0.05) is 51.2 Å². The van der Waals surface area contributed by atoms with Crippen LogP contribution in [0.25, 0.3) is 0 Å². The van der Waals surface area contributed by atoms with Gasteiger partial charge in [0.05, 0.1) is 5.56 Å². The van der Waals surface area contributed by atoms with Crippen LogP contribution in [-0.4, -0.2) is 77.6 Å². The number of likely N-dealkylation sites (tertiary alicyclic amines) is 2. The van der Waals surface area contributed by atoms with Crippen molar-refractivity contribution in [3.63, 3.8) is 0 Å². The molecule has 1 aliphatic carbocycles. The summed E-state index contributed by atoms with van der Waals surface area (Å²) in [5.74, 6) is 1.23. The summed E-state index contributed by atoms with van der Waals surface area (Å²) in [6.07, 6.45) is 13.9. The Morgan fingerprint density at radius 3 is 2.44 bits per heavy atom. The maximum Gasteiger partial charge on any atom is 0.410 e. The van der Waals surface area contributed by atoms with Gasteiger partial charge in [0, 0.05) is 68.5 Å². The van der Waals surface area contributed by atoms with Crippen LogP contribution >= 0.6 is 15.9 Å². The minimum absolute atomic E-state index is 0.0593. The fraction of sp³-hybridized carbons (Fsp3) is 0.750. The molecule has 6 nitrogen and oxygen atoms in total. The molecule has 1 atom stereocenters. The van der Waals surface area contributed by atoms with Gasteiger partial charge in [-0.2, -0.15) is 0 Å². The highest BCUT2D eigenvalue weighted by Crippen LogP contribution is 2.42. The summed E-state index contributed by atoms with van der Waals surface area (Å²) in [5, 5.41) is 0. The van der Waals surface area contributed by atoms with Gasteiger partial charge in [0.1, 0.15) is 5.60 Å². The van der Waals surface area contributed by atoms with Gasteiger partial charge < -0.3 is 14.5 Å². The predicted octanol–water partition coefficient (Wildman–Crippen LogP) is 7.04. The number of halogens is 1. The van der Waals surface area contributed by atoms with E-state index in [0.29, 0.717) is 17.9 Å². The summed E-state index contributed by atoms with van der Waals surface area (Å²) >= 11 is 3.58. The van der Waals surface area contributed by atoms with Crippen LogP contribution in [0, 0.1) is 18.8 Å². The van der Waals surface area contributed by atoms with E-state index in [4.69, 9.17) is 4.74 Å². The zero-order valence-corrected chi connectivity index (χ0v) is 25.7. The van der Waals surface area contributed by atoms with Crippen LogP contribution in [-0.2, 0) is 4.74 Å². The van der Waals surface area contributed by atoms with E-state index >= 15 is 0 Å². The van der Waals surface area contributed by atoms with Crippen molar-refractivity contribution in [2.45, 2.75) is 103 Å². The molecule has 7 heteroatoms. The van der Waals surface area contributed by atoms with Gasteiger partial charge in [-0.25, -0.2) is 4.79 Å². The number of hydrogen-bond acceptors (Lipinski definition) is 4. The van der Waals surface area contributed by atoms with Crippen LogP contribution in [0.15, 0.2) is 22.7 Å². The molecule has 2 amide bonds. The predicted molar refractivity (Wildman–Crippen MR) is 159 cm³/mol. The number of rotatable bonds is 7. The largest absolute Gasteiger partial charge is 0.442 e. The average Bonchev–Trinajstić information content (AvgIpc) is 2.95. The molecular weight excluding hydrogens is 554 g/mol. The Labute approximate surface area is 243 Å². The molecule has 1 saturated carbocycles. The normalized spacial score (nSPS) is 25.2. The van der Waals surface area contributed by atoms with E-state index in [2.05, 4.69) is 32.7 Å². The van der Waals surface area contributed by atoms with E-state index in [-0.39, 0.29) is 17.6 Å². The highest BCUT2D eigenvalue weighted by molar-refractivity contribution is 9.10. The monoisotopic (exact) mass is 601 g/mol. The first-order chi connectivity index (χ1) is 18.9. The van der Waals surface area contributed by atoms with Crippen LogP contribution in [0.4, 0.5) is 4.79 Å². The molecule has 3 saturated heterocycles. The average molecular weight is 603 g/mol. The second-order valence-corrected chi connectivity index (χ2v) is 13.5. The molecule has 1 spiro atoms. The van der Waals surface area contributed by atoms with Crippen molar-refractivity contribution in [3.8, 4) is 0 Å². The SMILES string of the molecule is CCCCC1CN(CC2CCCCC2)C(=O)OC12CCN(C1CCN(C(=O)c3c(C)cccc3Br)CC1)CC2. The molecule has 1 aromatic rings. The fourth-order valence-electron chi connectivity index (χ4n) is 7.74. The third-order valence-corrected chi connectivity index (χ3v) is 10.9. The minimum atomic E-state index is -0.292. The Hall–Kier alpha value is -1.60. The fourth-order valence-corrected chi connectivity index (χ4v) is 8.37. The van der Waals surface area contributed by atoms with Crippen molar-refractivity contribution >= 4 is 27.9 Å². The molecule has 1 unspecified atom stereocenters. The minimum Gasteiger partial charge on any atom is -0.442 e. The highest BCUT2D eigenvalue weighted by Gasteiger charge is 2.50. The van der Waals surface area contributed by atoms with Gasteiger partial charge in [-0.05, 0) is 72.5 Å². The number of nitrogens with zero attached hydrogens (tertiary/aromatic N) is 3. The number of carbonyl (C=O) groups excluding carboxylic acids is 2. The topological polar surface area (TPSA) is 53.1 Å². The summed E-state index contributed by atoms with van der Waals surface area (Å²) in [5.41, 5.74) is 1.53. The number of ether oxygens (including phenoxy) is 1. The molecule has 0 N–H and O–H groups in total. The Morgan fingerprint density at radius 2 is 1.77 bits per heavy atom. The molecule has 4 fully saturated rings. The second kappa shape index (κ2) is 12.9. The van der Waals surface area contributed by atoms with Crippen LogP contribution in [0.2, 0.25) is 0 Å². The van der Waals surface area contributed by atoms with Gasteiger partial charge in [-0.3, -0.25) is 9.69 Å². The molecule has 0 bridgehead atoms. The number of hydrogen-bond donors (Lipinski definition) is 0. The quantitative estimate of drug-likeness (QED) is 0.336. The first kappa shape index (κ1) is 28.9. The molecule has 0 aromatic heterocycles. The molecule has 39 heavy (non-hydrogen) atoms. The summed E-state index contributed by atoms with van der Waals surface area (Å²) in [7, 11) is 0. The number of aryl methyl sites for hydroxylation is 1. The van der Waals surface area contributed by atoms with E-state index in [0.717, 1.165) is 87.0 Å². The van der Waals surface area contributed by atoms with E-state index in [1.165, 1.54) is 44.9 Å². The number of piperidine rings is 2. The van der Waals surface area contributed by atoms with Crippen molar-refractivity contribution in [1.82, 2.24) is 14.7 Å². The van der Waals surface area contributed by atoms with Gasteiger partial charge in [0.2, 0.25) is 0 Å². The first-order valence-corrected chi connectivity index (χ1v) is 16.5. The molecule has 1 aromatic carbocycles. The molecular formula is C32H48BrN3O3. The smallest absolute Gasteiger partial charge is 0.410 e. The molecule has 5 rings (SSSR count). The Bertz CT molecular complexity index is 974. The molecule has 0 radical (unpaired) electrons. The van der Waals surface area contributed by atoms with Crippen molar-refractivity contribution in [3.05, 3.63) is 33.8 Å². The van der Waals surface area contributed by atoms with E-state index in [9.17, 15) is 9.59 Å². The number of carbonyl (C=O) groups is 2. The molecule has 216 valence electrons. The van der Waals surface area contributed by atoms with Gasteiger partial charge in [-0.15, -0.1) is 0 Å². The van der Waals surface area contributed by atoms with Crippen LogP contribution < -0.4 is 0 Å². The third kappa shape index (κ3) is 6.50. The van der Waals surface area contributed by atoms with Gasteiger partial charge in [0.25, 0.3) is 5.91 Å². The highest BCUT2D eigenvalue weighted by atomic mass is 79.9. The van der Waals surface area contributed by atoms with Gasteiger partial charge >= 0.3 is 6.09 Å². The summed E-state index contributed by atoms with van der Waals surface area (Å²) in [6.45, 7) is 9.62. The Morgan fingerprint density at radius 1 is 1.05 bits per heavy atom. The lowest BCUT2D eigenvalue weighted by molar-refractivity contribution is -0.127. The maximum atomic E-state index is 13.3. The summed E-state index contributed by atoms with van der Waals surface area (Å²) in [4.78, 5) is 33.2. The second-order valence-electron chi connectivity index (χ2n) is 12.7. The first-order valence-electron chi connectivity index (χ1n) is 15.7. The molecule has 3 heterocycles. The van der Waals surface area contributed by atoms with Crippen molar-refractivity contribution < 1.29 is 14.3 Å². The summed E-state index contributed by atoms with van der Waals surface area (Å²) in [6, 6.07) is 6.45. The van der Waals surface area contributed by atoms with E-state index in [1.54, 1.807) is 0 Å².